The van der Waals surface area contributed by atoms with Crippen LogP contribution in [-0.4, -0.2) is 23.5 Å². The van der Waals surface area contributed by atoms with Gasteiger partial charge in [0.1, 0.15) is 0 Å². The van der Waals surface area contributed by atoms with E-state index in [-0.39, 0.29) is 17.4 Å². The Morgan fingerprint density at radius 1 is 1.14 bits per heavy atom. The fraction of sp³-hybridized carbons (Fsp3) is 0.353. The fourth-order valence-corrected chi connectivity index (χ4v) is 2.84. The van der Waals surface area contributed by atoms with Crippen LogP contribution in [0.3, 0.4) is 0 Å². The molecule has 0 aliphatic carbocycles. The summed E-state index contributed by atoms with van der Waals surface area (Å²) in [5.74, 6) is -0.232. The van der Waals surface area contributed by atoms with Crippen molar-refractivity contribution in [3.8, 4) is 0 Å². The van der Waals surface area contributed by atoms with E-state index in [1.165, 1.54) is 5.56 Å². The van der Waals surface area contributed by atoms with Gasteiger partial charge in [-0.15, -0.1) is 0 Å². The third-order valence-electron chi connectivity index (χ3n) is 3.94. The minimum absolute atomic E-state index is 0.0140. The molecule has 1 aromatic heterocycles. The summed E-state index contributed by atoms with van der Waals surface area (Å²) >= 11 is 0. The highest BCUT2D eigenvalue weighted by atomic mass is 16.2. The second-order valence-electron chi connectivity index (χ2n) is 6.56. The van der Waals surface area contributed by atoms with Crippen molar-refractivity contribution in [1.29, 1.82) is 0 Å². The third-order valence-corrected chi connectivity index (χ3v) is 3.94. The van der Waals surface area contributed by atoms with Crippen molar-refractivity contribution in [3.63, 3.8) is 0 Å². The lowest BCUT2D eigenvalue weighted by atomic mass is 9.84. The maximum absolute atomic E-state index is 12.1. The molecule has 22 heavy (non-hydrogen) atoms. The molecule has 5 nitrogen and oxygen atoms in total. The van der Waals surface area contributed by atoms with Crippen molar-refractivity contribution in [2.75, 3.05) is 11.4 Å². The number of rotatable bonds is 1. The van der Waals surface area contributed by atoms with Crippen LogP contribution in [0, 0.1) is 0 Å². The number of nitrogens with zero attached hydrogens (tertiary/aromatic N) is 2. The number of urea groups is 1. The highest BCUT2D eigenvalue weighted by Crippen LogP contribution is 2.34. The van der Waals surface area contributed by atoms with Gasteiger partial charge in [0, 0.05) is 29.9 Å². The molecule has 0 bridgehead atoms. The number of imide groups is 1. The molecule has 3 rings (SSSR count). The number of aromatic nitrogens is 1. The molecular weight excluding hydrogens is 278 g/mol. The topological polar surface area (TPSA) is 62.3 Å². The Morgan fingerprint density at radius 3 is 2.59 bits per heavy atom. The number of pyridine rings is 1. The van der Waals surface area contributed by atoms with E-state index in [4.69, 9.17) is 0 Å². The van der Waals surface area contributed by atoms with Crippen LogP contribution in [0.2, 0.25) is 0 Å². The second kappa shape index (κ2) is 5.09. The molecule has 2 aromatic rings. The normalized spacial score (nSPS) is 16.0. The van der Waals surface area contributed by atoms with E-state index in [0.717, 1.165) is 16.5 Å². The van der Waals surface area contributed by atoms with Crippen LogP contribution in [0.4, 0.5) is 10.5 Å². The van der Waals surface area contributed by atoms with Gasteiger partial charge in [-0.1, -0.05) is 39.0 Å². The zero-order valence-corrected chi connectivity index (χ0v) is 13.0. The summed E-state index contributed by atoms with van der Waals surface area (Å²) < 4.78 is 0. The minimum atomic E-state index is -0.383. The van der Waals surface area contributed by atoms with E-state index in [0.29, 0.717) is 13.0 Å². The van der Waals surface area contributed by atoms with Crippen LogP contribution in [0.15, 0.2) is 30.6 Å². The van der Waals surface area contributed by atoms with Crippen LogP contribution in [-0.2, 0) is 10.2 Å². The summed E-state index contributed by atoms with van der Waals surface area (Å²) in [5.41, 5.74) is 1.92. The molecule has 3 amide bonds. The van der Waals surface area contributed by atoms with E-state index in [2.05, 4.69) is 37.1 Å². The first-order valence-electron chi connectivity index (χ1n) is 7.36. The van der Waals surface area contributed by atoms with Crippen LogP contribution >= 0.6 is 0 Å². The Bertz CT molecular complexity index is 762. The number of hydrogen-bond donors (Lipinski definition) is 1. The molecule has 1 fully saturated rings. The first-order valence-corrected chi connectivity index (χ1v) is 7.36. The molecule has 0 unspecified atom stereocenters. The lowest BCUT2D eigenvalue weighted by Gasteiger charge is -2.28. The van der Waals surface area contributed by atoms with Gasteiger partial charge in [0.2, 0.25) is 5.91 Å². The molecule has 1 saturated heterocycles. The number of carbonyl (C=O) groups is 2. The van der Waals surface area contributed by atoms with Crippen LogP contribution in [0.1, 0.15) is 32.8 Å². The monoisotopic (exact) mass is 297 g/mol. The minimum Gasteiger partial charge on any atom is -0.291 e. The molecule has 2 heterocycles. The van der Waals surface area contributed by atoms with E-state index < -0.39 is 0 Å². The molecule has 1 N–H and O–H groups in total. The van der Waals surface area contributed by atoms with Crippen molar-refractivity contribution in [2.24, 2.45) is 0 Å². The van der Waals surface area contributed by atoms with Gasteiger partial charge in [-0.3, -0.25) is 20.0 Å². The highest BCUT2D eigenvalue weighted by Gasteiger charge is 2.26. The fourth-order valence-electron chi connectivity index (χ4n) is 2.84. The number of benzene rings is 1. The Labute approximate surface area is 129 Å². The summed E-state index contributed by atoms with van der Waals surface area (Å²) in [7, 11) is 0. The Balaban J connectivity index is 2.16. The summed E-state index contributed by atoms with van der Waals surface area (Å²) in [6.45, 7) is 6.84. The molecule has 0 spiro atoms. The first kappa shape index (κ1) is 14.5. The van der Waals surface area contributed by atoms with Crippen molar-refractivity contribution in [1.82, 2.24) is 10.3 Å². The van der Waals surface area contributed by atoms with E-state index in [9.17, 15) is 9.59 Å². The Hall–Kier alpha value is -2.43. The smallest absolute Gasteiger partial charge is 0.291 e. The average Bonchev–Trinajstić information content (AvgIpc) is 2.45. The van der Waals surface area contributed by atoms with Gasteiger partial charge < -0.3 is 0 Å². The quantitative estimate of drug-likeness (QED) is 0.880. The number of fused-ring (bicyclic) bond motifs is 1. The number of amides is 3. The predicted octanol–water partition coefficient (Wildman–Crippen LogP) is 2.98. The first-order chi connectivity index (χ1) is 10.4. The van der Waals surface area contributed by atoms with Crippen LogP contribution in [0.25, 0.3) is 10.8 Å². The van der Waals surface area contributed by atoms with Gasteiger partial charge >= 0.3 is 6.03 Å². The van der Waals surface area contributed by atoms with E-state index in [1.54, 1.807) is 11.1 Å². The average molecular weight is 297 g/mol. The third kappa shape index (κ3) is 2.43. The zero-order valence-electron chi connectivity index (χ0n) is 13.0. The lowest BCUT2D eigenvalue weighted by Crippen LogP contribution is -2.49. The SMILES string of the molecule is CC(C)(C)c1cccc2c(N3CCC(=O)NC3=O)cncc12. The molecule has 0 atom stereocenters. The summed E-state index contributed by atoms with van der Waals surface area (Å²) in [6.07, 6.45) is 3.83. The van der Waals surface area contributed by atoms with Gasteiger partial charge in [0.15, 0.2) is 0 Å². The van der Waals surface area contributed by atoms with Crippen LogP contribution < -0.4 is 10.2 Å². The van der Waals surface area contributed by atoms with E-state index in [1.807, 2.05) is 18.3 Å². The molecule has 114 valence electrons. The molecule has 1 aromatic carbocycles. The van der Waals surface area contributed by atoms with Crippen LogP contribution in [0.5, 0.6) is 0 Å². The number of carbonyl (C=O) groups excluding carboxylic acids is 2. The van der Waals surface area contributed by atoms with Gasteiger partial charge in [0.05, 0.1) is 11.9 Å². The largest absolute Gasteiger partial charge is 0.328 e. The maximum Gasteiger partial charge on any atom is 0.328 e. The van der Waals surface area contributed by atoms with Gasteiger partial charge in [0.25, 0.3) is 0 Å². The number of anilines is 1. The molecule has 0 saturated carbocycles. The maximum atomic E-state index is 12.1. The summed E-state index contributed by atoms with van der Waals surface area (Å²) in [4.78, 5) is 29.3. The van der Waals surface area contributed by atoms with Crippen molar-refractivity contribution < 1.29 is 9.59 Å². The van der Waals surface area contributed by atoms with Gasteiger partial charge in [-0.25, -0.2) is 4.79 Å². The van der Waals surface area contributed by atoms with Gasteiger partial charge in [-0.05, 0) is 11.0 Å². The molecular formula is C17H19N3O2. The Morgan fingerprint density at radius 2 is 1.91 bits per heavy atom. The van der Waals surface area contributed by atoms with Crippen molar-refractivity contribution >= 4 is 28.4 Å². The van der Waals surface area contributed by atoms with Crippen molar-refractivity contribution in [2.45, 2.75) is 32.6 Å². The zero-order chi connectivity index (χ0) is 15.9. The molecule has 1 aliphatic rings. The molecule has 5 heteroatoms. The number of hydrogen-bond acceptors (Lipinski definition) is 3. The standard InChI is InChI=1S/C17H19N3O2/c1-17(2,3)13-6-4-5-11-12(13)9-18-10-14(11)20-8-7-15(21)19-16(20)22/h4-6,9-10H,7-8H2,1-3H3,(H,19,21,22). The molecule has 1 aliphatic heterocycles. The summed E-state index contributed by atoms with van der Waals surface area (Å²) in [5, 5.41) is 4.38. The lowest BCUT2D eigenvalue weighted by molar-refractivity contribution is -0.120. The highest BCUT2D eigenvalue weighted by molar-refractivity contribution is 6.10. The number of nitrogens with one attached hydrogen (secondary N) is 1. The Kier molecular flexibility index (Phi) is 3.35. The van der Waals surface area contributed by atoms with Gasteiger partial charge in [-0.2, -0.15) is 0 Å². The predicted molar refractivity (Wildman–Crippen MR) is 85.9 cm³/mol. The second-order valence-corrected chi connectivity index (χ2v) is 6.56. The molecule has 0 radical (unpaired) electrons. The van der Waals surface area contributed by atoms with E-state index >= 15 is 0 Å². The summed E-state index contributed by atoms with van der Waals surface area (Å²) in [6, 6.07) is 5.70. The van der Waals surface area contributed by atoms with Crippen molar-refractivity contribution in [3.05, 3.63) is 36.2 Å².